The van der Waals surface area contributed by atoms with Crippen LogP contribution in [-0.4, -0.2) is 33.1 Å². The number of aliphatic carboxylic acids is 1. The highest BCUT2D eigenvalue weighted by molar-refractivity contribution is 7.51. The van der Waals surface area contributed by atoms with Crippen LogP contribution in [0.3, 0.4) is 0 Å². The molecule has 0 saturated heterocycles. The second-order valence-electron chi connectivity index (χ2n) is 2.46. The molecule has 7 heteroatoms. The number of hydrogen-bond donors (Lipinski definition) is 4. The second kappa shape index (κ2) is 4.57. The van der Waals surface area contributed by atoms with Gasteiger partial charge in [-0.1, -0.05) is 0 Å². The zero-order chi connectivity index (χ0) is 10.5. The highest BCUT2D eigenvalue weighted by atomic mass is 31.2. The van der Waals surface area contributed by atoms with Crippen molar-refractivity contribution in [1.29, 1.82) is 1.43 Å². The van der Waals surface area contributed by atoms with Crippen LogP contribution in [0.5, 0.6) is 0 Å². The molecule has 0 amide bonds. The first kappa shape index (κ1) is 9.67. The van der Waals surface area contributed by atoms with Crippen molar-refractivity contribution >= 4 is 13.6 Å². The highest BCUT2D eigenvalue weighted by Crippen LogP contribution is 2.35. The number of carbonyl (C=O) groups is 1. The lowest BCUT2D eigenvalue weighted by atomic mass is 10.2. The summed E-state index contributed by atoms with van der Waals surface area (Å²) in [7, 11) is -4.02. The Kier molecular flexibility index (Phi) is 3.68. The van der Waals surface area contributed by atoms with E-state index in [1.54, 1.807) is 0 Å². The molecule has 0 bridgehead atoms. The normalized spacial score (nSPS) is 15.1. The van der Waals surface area contributed by atoms with E-state index in [1.165, 1.54) is 0 Å². The fourth-order valence-corrected chi connectivity index (χ4v) is 1.23. The van der Waals surface area contributed by atoms with Gasteiger partial charge in [0, 0.05) is 6.16 Å². The Morgan fingerprint density at radius 3 is 2.67 bits per heavy atom. The van der Waals surface area contributed by atoms with E-state index in [0.29, 0.717) is 0 Å². The fraction of sp³-hybridized carbons (Fsp3) is 0.800. The maximum absolute atomic E-state index is 10.5. The Morgan fingerprint density at radius 2 is 2.25 bits per heavy atom. The molecule has 0 radical (unpaired) electrons. The Hall–Kier alpha value is -0.420. The smallest absolute Gasteiger partial charge is 0.325 e. The van der Waals surface area contributed by atoms with Crippen molar-refractivity contribution < 1.29 is 24.3 Å². The molecule has 0 fully saturated rings. The van der Waals surface area contributed by atoms with Crippen LogP contribution in [0.25, 0.3) is 1.43 Å². The van der Waals surface area contributed by atoms with Gasteiger partial charge >= 0.3 is 13.6 Å². The van der Waals surface area contributed by atoms with Crippen LogP contribution in [0.15, 0.2) is 0 Å². The van der Waals surface area contributed by atoms with Crippen LogP contribution in [0.1, 0.15) is 12.8 Å². The van der Waals surface area contributed by atoms with Gasteiger partial charge in [0.1, 0.15) is 6.04 Å². The third kappa shape index (κ3) is 6.30. The van der Waals surface area contributed by atoms with Gasteiger partial charge in [-0.3, -0.25) is 9.36 Å². The fourth-order valence-electron chi connectivity index (χ4n) is 0.635. The van der Waals surface area contributed by atoms with Gasteiger partial charge in [-0.2, -0.15) is 0 Å². The first-order valence-electron chi connectivity index (χ1n) is 3.75. The lowest BCUT2D eigenvalue weighted by Gasteiger charge is -2.06. The number of nitrogens with two attached hydrogens (primary N) is 1. The molecule has 72 valence electrons. The molecule has 0 aromatic carbocycles. The summed E-state index contributed by atoms with van der Waals surface area (Å²) in [5, 5.41) is 3.59. The van der Waals surface area contributed by atoms with Crippen LogP contribution in [0.2, 0.25) is 0 Å². The zero-order valence-electron chi connectivity index (χ0n) is 7.34. The lowest BCUT2D eigenvalue weighted by Crippen LogP contribution is -2.29. The van der Waals surface area contributed by atoms with E-state index in [2.05, 4.69) is 5.11 Å². The second-order valence-corrected chi connectivity index (χ2v) is 4.23. The van der Waals surface area contributed by atoms with Crippen LogP contribution in [0, 0.1) is 0 Å². The van der Waals surface area contributed by atoms with E-state index < -0.39 is 19.6 Å². The molecule has 1 atom stereocenters. The summed E-state index contributed by atoms with van der Waals surface area (Å²) in [6.07, 6.45) is -0.0879. The van der Waals surface area contributed by atoms with Crippen molar-refractivity contribution in [1.82, 2.24) is 0 Å². The van der Waals surface area contributed by atoms with E-state index in [9.17, 15) is 9.36 Å². The van der Waals surface area contributed by atoms with Crippen LogP contribution in [-0.2, 0) is 9.36 Å². The molecular weight excluding hydrogens is 185 g/mol. The van der Waals surface area contributed by atoms with Crippen LogP contribution >= 0.6 is 7.60 Å². The molecule has 0 spiro atoms. The Bertz CT molecular complexity index is 217. The SMILES string of the molecule is [2H]OC(=O)C(N)CCCP(=O)(O)O. The molecule has 6 nitrogen and oxygen atoms in total. The van der Waals surface area contributed by atoms with Gasteiger partial charge in [-0.05, 0) is 12.8 Å². The van der Waals surface area contributed by atoms with E-state index in [-0.39, 0.29) is 19.0 Å². The molecule has 0 heterocycles. The molecule has 1 unspecified atom stereocenters. The summed E-state index contributed by atoms with van der Waals surface area (Å²) in [5.41, 5.74) is 5.21. The van der Waals surface area contributed by atoms with Crippen LogP contribution in [0.4, 0.5) is 0 Å². The monoisotopic (exact) mass is 198 g/mol. The van der Waals surface area contributed by atoms with Gasteiger partial charge in [-0.15, -0.1) is 0 Å². The number of carboxylic acids is 1. The maximum atomic E-state index is 10.5. The minimum atomic E-state index is -4.02. The molecule has 0 rings (SSSR count). The zero-order valence-corrected chi connectivity index (χ0v) is 7.24. The Balaban J connectivity index is 3.66. The van der Waals surface area contributed by atoms with Gasteiger partial charge in [-0.25, -0.2) is 0 Å². The van der Waals surface area contributed by atoms with Crippen molar-refractivity contribution in [2.45, 2.75) is 18.9 Å². The molecule has 0 saturated carbocycles. The van der Waals surface area contributed by atoms with E-state index in [0.717, 1.165) is 0 Å². The minimum Gasteiger partial charge on any atom is -0.480 e. The van der Waals surface area contributed by atoms with Crippen molar-refractivity contribution in [2.24, 2.45) is 5.73 Å². The summed E-state index contributed by atoms with van der Waals surface area (Å²) in [5.74, 6) is -0.897. The molecule has 0 aromatic rings. The summed E-state index contributed by atoms with van der Waals surface area (Å²) in [6, 6.07) is -0.982. The largest absolute Gasteiger partial charge is 0.480 e. The van der Waals surface area contributed by atoms with Crippen molar-refractivity contribution in [3.63, 3.8) is 0 Å². The molecule has 0 aliphatic rings. The molecule has 12 heavy (non-hydrogen) atoms. The van der Waals surface area contributed by atoms with Crippen molar-refractivity contribution in [2.75, 3.05) is 6.16 Å². The first-order valence-corrected chi connectivity index (χ1v) is 5.13. The Morgan fingerprint density at radius 1 is 1.67 bits per heavy atom. The molecule has 0 aliphatic heterocycles. The predicted molar refractivity (Wildman–Crippen MR) is 41.8 cm³/mol. The topological polar surface area (TPSA) is 121 Å². The quantitative estimate of drug-likeness (QED) is 0.436. The van der Waals surface area contributed by atoms with Gasteiger partial charge in [0.2, 0.25) is 0 Å². The standard InChI is InChI=1S/C5H12NO5P/c6-4(5(7)8)2-1-3-12(9,10)11/h4H,1-3,6H2,(H,7,8)(H2,9,10,11)/i/hD. The van der Waals surface area contributed by atoms with Gasteiger partial charge < -0.3 is 20.6 Å². The number of carboxylic acid groups (broad SMARTS) is 1. The highest BCUT2D eigenvalue weighted by Gasteiger charge is 2.16. The van der Waals surface area contributed by atoms with E-state index in [1.807, 2.05) is 0 Å². The van der Waals surface area contributed by atoms with Crippen molar-refractivity contribution in [3.8, 4) is 0 Å². The predicted octanol–water partition coefficient (Wildman–Crippen LogP) is -0.644. The minimum absolute atomic E-state index is 0.100. The number of rotatable bonds is 5. The van der Waals surface area contributed by atoms with Gasteiger partial charge in [0.15, 0.2) is 0 Å². The average molecular weight is 198 g/mol. The van der Waals surface area contributed by atoms with Crippen molar-refractivity contribution in [3.05, 3.63) is 0 Å². The van der Waals surface area contributed by atoms with Crippen LogP contribution < -0.4 is 5.73 Å². The Labute approximate surface area is 71.0 Å². The van der Waals surface area contributed by atoms with E-state index in [4.69, 9.17) is 17.0 Å². The van der Waals surface area contributed by atoms with E-state index >= 15 is 0 Å². The summed E-state index contributed by atoms with van der Waals surface area (Å²) in [4.78, 5) is 27.4. The van der Waals surface area contributed by atoms with Gasteiger partial charge in [0.25, 0.3) is 1.43 Å². The third-order valence-corrected chi connectivity index (χ3v) is 2.17. The molecule has 0 aromatic heterocycles. The average Bonchev–Trinajstić information content (AvgIpc) is 2.00. The summed E-state index contributed by atoms with van der Waals surface area (Å²) >= 11 is 0. The molecular formula is C5H12NO5P. The number of hydrogen-bond acceptors (Lipinski definition) is 4. The summed E-state index contributed by atoms with van der Waals surface area (Å²) in [6.45, 7) is 0. The molecule has 0 aliphatic carbocycles. The maximum Gasteiger partial charge on any atom is 0.325 e. The van der Waals surface area contributed by atoms with Gasteiger partial charge in [0.05, 0.1) is 0 Å². The lowest BCUT2D eigenvalue weighted by molar-refractivity contribution is -0.138. The summed E-state index contributed by atoms with van der Waals surface area (Å²) < 4.78 is 16.6. The molecule has 5 N–H and O–H groups in total. The third-order valence-electron chi connectivity index (χ3n) is 1.27. The first-order chi connectivity index (χ1) is 5.87.